The minimum atomic E-state index is -0.391. The topological polar surface area (TPSA) is 66.2 Å². The number of aryl methyl sites for hydroxylation is 2. The maximum atomic E-state index is 13.2. The van der Waals surface area contributed by atoms with Gasteiger partial charge in [0, 0.05) is 20.3 Å². The van der Waals surface area contributed by atoms with Gasteiger partial charge in [-0.3, -0.25) is 18.3 Å². The summed E-state index contributed by atoms with van der Waals surface area (Å²) in [6, 6.07) is 23.1. The minimum absolute atomic E-state index is 0.0906. The highest BCUT2D eigenvalue weighted by molar-refractivity contribution is 5.86. The molecule has 0 aliphatic rings. The van der Waals surface area contributed by atoms with Crippen molar-refractivity contribution >= 4 is 27.7 Å². The first-order valence-electron chi connectivity index (χ1n) is 12.2. The molecule has 6 aromatic rings. The lowest BCUT2D eigenvalue weighted by molar-refractivity contribution is 0.665. The van der Waals surface area contributed by atoms with E-state index in [1.165, 1.54) is 28.0 Å². The Balaban J connectivity index is 1.71. The number of rotatable bonds is 4. The third-order valence-corrected chi connectivity index (χ3v) is 7.32. The van der Waals surface area contributed by atoms with Gasteiger partial charge in [-0.2, -0.15) is 4.98 Å². The number of hydrogen-bond donors (Lipinski definition) is 0. The molecule has 1 unspecified atom stereocenters. The number of fused-ring (bicyclic) bond motifs is 4. The lowest BCUT2D eigenvalue weighted by Crippen LogP contribution is -2.37. The van der Waals surface area contributed by atoms with Gasteiger partial charge in [-0.15, -0.1) is 0 Å². The quantitative estimate of drug-likeness (QED) is 0.370. The molecule has 0 N–H and O–H groups in total. The summed E-state index contributed by atoms with van der Waals surface area (Å²) in [5.74, 6) is 0.623. The van der Waals surface area contributed by atoms with Gasteiger partial charge in [-0.1, -0.05) is 73.7 Å². The molecule has 3 aromatic carbocycles. The van der Waals surface area contributed by atoms with E-state index < -0.39 is 5.69 Å². The summed E-state index contributed by atoms with van der Waals surface area (Å²) in [6.07, 6.45) is 2.94. The molecule has 0 fully saturated rings. The van der Waals surface area contributed by atoms with Gasteiger partial charge < -0.3 is 4.57 Å². The second kappa shape index (κ2) is 8.09. The molecule has 180 valence electrons. The van der Waals surface area contributed by atoms with Crippen molar-refractivity contribution in [2.24, 2.45) is 14.1 Å². The predicted molar refractivity (Wildman–Crippen MR) is 144 cm³/mol. The van der Waals surface area contributed by atoms with E-state index in [4.69, 9.17) is 4.98 Å². The molecule has 3 aromatic heterocycles. The van der Waals surface area contributed by atoms with E-state index in [1.807, 2.05) is 16.7 Å². The van der Waals surface area contributed by atoms with E-state index in [0.717, 1.165) is 27.8 Å². The second-order valence-corrected chi connectivity index (χ2v) is 9.34. The van der Waals surface area contributed by atoms with Crippen molar-refractivity contribution in [1.29, 1.82) is 0 Å². The first-order chi connectivity index (χ1) is 17.4. The van der Waals surface area contributed by atoms with Crippen LogP contribution in [-0.2, 0) is 20.5 Å². The summed E-state index contributed by atoms with van der Waals surface area (Å²) < 4.78 is 6.58. The average Bonchev–Trinajstić information content (AvgIpc) is 3.46. The highest BCUT2D eigenvalue weighted by Gasteiger charge is 2.24. The molecule has 0 radical (unpaired) electrons. The Hall–Kier alpha value is -4.39. The maximum absolute atomic E-state index is 13.2. The van der Waals surface area contributed by atoms with Crippen molar-refractivity contribution in [3.05, 3.63) is 105 Å². The average molecular weight is 478 g/mol. The van der Waals surface area contributed by atoms with Crippen LogP contribution in [0.3, 0.4) is 0 Å². The van der Waals surface area contributed by atoms with E-state index in [2.05, 4.69) is 79.1 Å². The van der Waals surface area contributed by atoms with E-state index in [1.54, 1.807) is 7.05 Å². The van der Waals surface area contributed by atoms with E-state index >= 15 is 0 Å². The van der Waals surface area contributed by atoms with Crippen molar-refractivity contribution in [3.8, 4) is 11.3 Å². The van der Waals surface area contributed by atoms with Crippen LogP contribution < -0.4 is 11.2 Å². The maximum Gasteiger partial charge on any atom is 0.332 e. The molecule has 0 aliphatic heterocycles. The van der Waals surface area contributed by atoms with Crippen molar-refractivity contribution in [3.63, 3.8) is 0 Å². The van der Waals surface area contributed by atoms with Gasteiger partial charge in [0.05, 0.1) is 11.7 Å². The molecule has 7 heteroatoms. The summed E-state index contributed by atoms with van der Waals surface area (Å²) in [5.41, 5.74) is 4.44. The van der Waals surface area contributed by atoms with Gasteiger partial charge in [0.2, 0.25) is 5.78 Å². The summed E-state index contributed by atoms with van der Waals surface area (Å²) in [6.45, 7) is 4.29. The largest absolute Gasteiger partial charge is 0.332 e. The number of hydrogen-bond acceptors (Lipinski definition) is 3. The lowest BCUT2D eigenvalue weighted by atomic mass is 9.99. The minimum Gasteiger partial charge on any atom is -0.302 e. The Morgan fingerprint density at radius 3 is 2.36 bits per heavy atom. The van der Waals surface area contributed by atoms with Gasteiger partial charge in [-0.25, -0.2) is 4.79 Å². The van der Waals surface area contributed by atoms with Crippen molar-refractivity contribution in [1.82, 2.24) is 23.1 Å². The van der Waals surface area contributed by atoms with Crippen LogP contribution in [0.15, 0.2) is 82.5 Å². The van der Waals surface area contributed by atoms with E-state index in [9.17, 15) is 9.59 Å². The highest BCUT2D eigenvalue weighted by atomic mass is 16.2. The molecule has 0 amide bonds. The molecule has 36 heavy (non-hydrogen) atoms. The molecule has 0 aliphatic carbocycles. The standard InChI is InChI=1S/C29H27N5O2/c1-5-19-13-15-21(16-14-19)24-17-33-25-26(31(3)29(36)32(4)27(25)35)30-28(33)34(24)18(2)22-12-8-10-20-9-6-7-11-23(20)22/h6-18H,5H2,1-4H3. The Morgan fingerprint density at radius 1 is 0.889 bits per heavy atom. The predicted octanol–water partition coefficient (Wildman–Crippen LogP) is 4.68. The second-order valence-electron chi connectivity index (χ2n) is 9.34. The summed E-state index contributed by atoms with van der Waals surface area (Å²) in [7, 11) is 3.16. The number of benzene rings is 3. The highest BCUT2D eigenvalue weighted by Crippen LogP contribution is 2.34. The molecule has 1 atom stereocenters. The molecule has 3 heterocycles. The zero-order valence-corrected chi connectivity index (χ0v) is 20.8. The van der Waals surface area contributed by atoms with Crippen LogP contribution >= 0.6 is 0 Å². The fourth-order valence-corrected chi connectivity index (χ4v) is 5.25. The van der Waals surface area contributed by atoms with Crippen molar-refractivity contribution < 1.29 is 0 Å². The smallest absolute Gasteiger partial charge is 0.302 e. The van der Waals surface area contributed by atoms with Crippen LogP contribution in [0.5, 0.6) is 0 Å². The van der Waals surface area contributed by atoms with Gasteiger partial charge in [0.25, 0.3) is 5.56 Å². The first-order valence-corrected chi connectivity index (χ1v) is 12.2. The van der Waals surface area contributed by atoms with Crippen LogP contribution in [0.4, 0.5) is 0 Å². The number of nitrogens with zero attached hydrogens (tertiary/aromatic N) is 5. The van der Waals surface area contributed by atoms with Crippen LogP contribution in [0.1, 0.15) is 31.0 Å². The third kappa shape index (κ3) is 3.09. The van der Waals surface area contributed by atoms with Gasteiger partial charge in [0.1, 0.15) is 0 Å². The zero-order valence-electron chi connectivity index (χ0n) is 20.8. The van der Waals surface area contributed by atoms with Gasteiger partial charge in [-0.05, 0) is 40.8 Å². The lowest BCUT2D eigenvalue weighted by Gasteiger charge is -2.20. The Kier molecular flexibility index (Phi) is 4.96. The SMILES string of the molecule is CCc1ccc(-c2cn3c4c(=O)n(C)c(=O)n(C)c4nc3n2C(C)c2cccc3ccccc23)cc1. The van der Waals surface area contributed by atoms with Gasteiger partial charge in [0.15, 0.2) is 11.2 Å². The number of aromatic nitrogens is 5. The van der Waals surface area contributed by atoms with Crippen molar-refractivity contribution in [2.45, 2.75) is 26.3 Å². The van der Waals surface area contributed by atoms with Gasteiger partial charge >= 0.3 is 5.69 Å². The van der Waals surface area contributed by atoms with E-state index in [0.29, 0.717) is 16.9 Å². The Labute approximate surface area is 207 Å². The Morgan fingerprint density at radius 2 is 1.61 bits per heavy atom. The molecular formula is C29H27N5O2. The fraction of sp³-hybridized carbons (Fsp3) is 0.207. The zero-order chi connectivity index (χ0) is 25.1. The summed E-state index contributed by atoms with van der Waals surface area (Å²) in [4.78, 5) is 30.7. The van der Waals surface area contributed by atoms with Crippen molar-refractivity contribution in [2.75, 3.05) is 0 Å². The fourth-order valence-electron chi connectivity index (χ4n) is 5.25. The normalized spacial score (nSPS) is 12.7. The monoisotopic (exact) mass is 477 g/mol. The first kappa shape index (κ1) is 22.1. The Bertz CT molecular complexity index is 1900. The molecule has 0 bridgehead atoms. The number of imidazole rings is 2. The molecule has 0 spiro atoms. The van der Waals surface area contributed by atoms with Crippen LogP contribution in [-0.4, -0.2) is 23.1 Å². The molecule has 0 saturated heterocycles. The summed E-state index contributed by atoms with van der Waals surface area (Å²) >= 11 is 0. The van der Waals surface area contributed by atoms with E-state index in [-0.39, 0.29) is 11.6 Å². The molecular weight excluding hydrogens is 450 g/mol. The van der Waals surface area contributed by atoms with Crippen LogP contribution in [0, 0.1) is 0 Å². The summed E-state index contributed by atoms with van der Waals surface area (Å²) in [5, 5.41) is 2.34. The molecule has 0 saturated carbocycles. The van der Waals surface area contributed by atoms with Crippen LogP contribution in [0.25, 0.3) is 39.0 Å². The molecule has 6 rings (SSSR count). The van der Waals surface area contributed by atoms with Crippen LogP contribution in [0.2, 0.25) is 0 Å². The third-order valence-electron chi connectivity index (χ3n) is 7.32. The molecule has 7 nitrogen and oxygen atoms in total.